The van der Waals surface area contributed by atoms with Crippen molar-refractivity contribution in [3.63, 3.8) is 0 Å². The van der Waals surface area contributed by atoms with E-state index in [9.17, 15) is 4.79 Å². The molecule has 0 aliphatic rings. The summed E-state index contributed by atoms with van der Waals surface area (Å²) in [6, 6.07) is 1.85. The number of aromatic nitrogens is 2. The summed E-state index contributed by atoms with van der Waals surface area (Å²) in [5.41, 5.74) is 0.571. The molecule has 5 heteroatoms. The lowest BCUT2D eigenvalue weighted by Gasteiger charge is -2.10. The fraction of sp³-hybridized carbons (Fsp3) is 0.455. The molecule has 0 aromatic carbocycles. The van der Waals surface area contributed by atoms with E-state index in [1.807, 2.05) is 0 Å². The first kappa shape index (κ1) is 12.4. The second-order valence-electron chi connectivity index (χ2n) is 3.37. The van der Waals surface area contributed by atoms with Gasteiger partial charge in [-0.3, -0.25) is 9.36 Å². The standard InChI is InChI=1S/C11H17N3O2/c1-4-5-12-6-7-14-10(15)8-9(2)13-11(14)16-3/h4,8,12H,1,5-7H2,2-3H3. The van der Waals surface area contributed by atoms with Gasteiger partial charge < -0.3 is 10.1 Å². The lowest BCUT2D eigenvalue weighted by atomic mass is 10.4. The number of ether oxygens (including phenoxy) is 1. The molecule has 0 aliphatic heterocycles. The molecule has 5 nitrogen and oxygen atoms in total. The van der Waals surface area contributed by atoms with Crippen LogP contribution in [0.2, 0.25) is 0 Å². The van der Waals surface area contributed by atoms with E-state index < -0.39 is 0 Å². The number of rotatable bonds is 6. The highest BCUT2D eigenvalue weighted by Crippen LogP contribution is 2.03. The van der Waals surface area contributed by atoms with Crippen LogP contribution >= 0.6 is 0 Å². The lowest BCUT2D eigenvalue weighted by molar-refractivity contribution is 0.343. The summed E-state index contributed by atoms with van der Waals surface area (Å²) in [6.07, 6.45) is 1.77. The van der Waals surface area contributed by atoms with Gasteiger partial charge in [0.2, 0.25) is 0 Å². The van der Waals surface area contributed by atoms with Gasteiger partial charge in [-0.15, -0.1) is 6.58 Å². The van der Waals surface area contributed by atoms with Gasteiger partial charge in [0, 0.05) is 31.4 Å². The number of nitrogens with one attached hydrogen (secondary N) is 1. The quantitative estimate of drug-likeness (QED) is 0.558. The molecular formula is C11H17N3O2. The number of aryl methyl sites for hydroxylation is 1. The monoisotopic (exact) mass is 223 g/mol. The van der Waals surface area contributed by atoms with Crippen LogP contribution in [0, 0.1) is 6.92 Å². The minimum Gasteiger partial charge on any atom is -0.468 e. The Balaban J connectivity index is 2.77. The molecule has 1 N–H and O–H groups in total. The second-order valence-corrected chi connectivity index (χ2v) is 3.37. The Hall–Kier alpha value is -1.62. The molecule has 88 valence electrons. The van der Waals surface area contributed by atoms with Crippen molar-refractivity contribution in [2.45, 2.75) is 13.5 Å². The molecule has 0 unspecified atom stereocenters. The van der Waals surface area contributed by atoms with Crippen molar-refractivity contribution >= 4 is 0 Å². The fourth-order valence-corrected chi connectivity index (χ4v) is 1.35. The van der Waals surface area contributed by atoms with Crippen molar-refractivity contribution in [2.24, 2.45) is 0 Å². The fourth-order valence-electron chi connectivity index (χ4n) is 1.35. The molecule has 0 fully saturated rings. The highest BCUT2D eigenvalue weighted by atomic mass is 16.5. The third-order valence-electron chi connectivity index (χ3n) is 2.08. The molecule has 0 aliphatic carbocycles. The molecule has 0 atom stereocenters. The molecule has 0 bridgehead atoms. The molecule has 0 saturated heterocycles. The third-order valence-corrected chi connectivity index (χ3v) is 2.08. The van der Waals surface area contributed by atoms with Gasteiger partial charge in [-0.25, -0.2) is 4.98 Å². The van der Waals surface area contributed by atoms with Crippen molar-refractivity contribution in [1.82, 2.24) is 14.9 Å². The van der Waals surface area contributed by atoms with Crippen LogP contribution in [0.4, 0.5) is 0 Å². The predicted octanol–water partition coefficient (Wildman–Crippen LogP) is 0.336. The molecule has 0 amide bonds. The number of hydrogen-bond acceptors (Lipinski definition) is 4. The summed E-state index contributed by atoms with van der Waals surface area (Å²) >= 11 is 0. The number of nitrogens with zero attached hydrogens (tertiary/aromatic N) is 2. The van der Waals surface area contributed by atoms with E-state index >= 15 is 0 Å². The molecule has 0 radical (unpaired) electrons. The first-order valence-electron chi connectivity index (χ1n) is 5.13. The van der Waals surface area contributed by atoms with E-state index in [0.29, 0.717) is 24.8 Å². The van der Waals surface area contributed by atoms with Crippen LogP contribution in [0.15, 0.2) is 23.5 Å². The zero-order valence-electron chi connectivity index (χ0n) is 9.69. The van der Waals surface area contributed by atoms with Crippen LogP contribution in [0.25, 0.3) is 0 Å². The van der Waals surface area contributed by atoms with E-state index in [2.05, 4.69) is 16.9 Å². The summed E-state index contributed by atoms with van der Waals surface area (Å²) in [7, 11) is 1.51. The average molecular weight is 223 g/mol. The Morgan fingerprint density at radius 2 is 2.44 bits per heavy atom. The summed E-state index contributed by atoms with van der Waals surface area (Å²) in [5, 5.41) is 3.12. The number of methoxy groups -OCH3 is 1. The molecule has 1 rings (SSSR count). The minimum absolute atomic E-state index is 0.0928. The first-order chi connectivity index (χ1) is 7.69. The van der Waals surface area contributed by atoms with E-state index in [0.717, 1.165) is 6.54 Å². The van der Waals surface area contributed by atoms with Crippen LogP contribution in [0.5, 0.6) is 6.01 Å². The van der Waals surface area contributed by atoms with Gasteiger partial charge in [0.25, 0.3) is 11.6 Å². The highest BCUT2D eigenvalue weighted by molar-refractivity contribution is 5.06. The summed E-state index contributed by atoms with van der Waals surface area (Å²) in [6.45, 7) is 7.29. The van der Waals surface area contributed by atoms with Gasteiger partial charge in [0.1, 0.15) is 0 Å². The van der Waals surface area contributed by atoms with Gasteiger partial charge in [0.05, 0.1) is 7.11 Å². The van der Waals surface area contributed by atoms with Crippen LogP contribution in [0.3, 0.4) is 0 Å². The maximum absolute atomic E-state index is 11.7. The van der Waals surface area contributed by atoms with Gasteiger partial charge in [-0.2, -0.15) is 0 Å². The van der Waals surface area contributed by atoms with Gasteiger partial charge in [-0.1, -0.05) is 6.08 Å². The topological polar surface area (TPSA) is 56.1 Å². The Labute approximate surface area is 94.8 Å². The third kappa shape index (κ3) is 3.20. The normalized spacial score (nSPS) is 10.1. The largest absolute Gasteiger partial charge is 0.468 e. The highest BCUT2D eigenvalue weighted by Gasteiger charge is 2.06. The number of hydrogen-bond donors (Lipinski definition) is 1. The van der Waals surface area contributed by atoms with Crippen molar-refractivity contribution in [2.75, 3.05) is 20.2 Å². The zero-order valence-corrected chi connectivity index (χ0v) is 9.69. The molecule has 1 heterocycles. The molecule has 0 saturated carbocycles. The molecule has 1 aromatic heterocycles. The summed E-state index contributed by atoms with van der Waals surface area (Å²) in [4.78, 5) is 15.8. The summed E-state index contributed by atoms with van der Waals surface area (Å²) in [5.74, 6) is 0. The van der Waals surface area contributed by atoms with Crippen molar-refractivity contribution in [3.05, 3.63) is 34.8 Å². The van der Waals surface area contributed by atoms with Crippen LogP contribution in [0.1, 0.15) is 5.69 Å². The van der Waals surface area contributed by atoms with Gasteiger partial charge >= 0.3 is 0 Å². The minimum atomic E-state index is -0.0928. The maximum Gasteiger partial charge on any atom is 0.299 e. The second kappa shape index (κ2) is 6.07. The van der Waals surface area contributed by atoms with E-state index in [1.54, 1.807) is 13.0 Å². The first-order valence-corrected chi connectivity index (χ1v) is 5.13. The van der Waals surface area contributed by atoms with Crippen molar-refractivity contribution in [1.29, 1.82) is 0 Å². The average Bonchev–Trinajstić information content (AvgIpc) is 2.26. The Morgan fingerprint density at radius 3 is 3.06 bits per heavy atom. The molecular weight excluding hydrogens is 206 g/mol. The SMILES string of the molecule is C=CCNCCn1c(OC)nc(C)cc1=O. The Kier molecular flexibility index (Phi) is 4.72. The van der Waals surface area contributed by atoms with Crippen molar-refractivity contribution < 1.29 is 4.74 Å². The van der Waals surface area contributed by atoms with E-state index in [-0.39, 0.29) is 5.56 Å². The molecule has 0 spiro atoms. The smallest absolute Gasteiger partial charge is 0.299 e. The zero-order chi connectivity index (χ0) is 12.0. The van der Waals surface area contributed by atoms with Crippen LogP contribution in [-0.2, 0) is 6.54 Å². The maximum atomic E-state index is 11.7. The van der Waals surface area contributed by atoms with E-state index in [4.69, 9.17) is 4.74 Å². The molecule has 16 heavy (non-hydrogen) atoms. The van der Waals surface area contributed by atoms with Crippen LogP contribution in [-0.4, -0.2) is 29.8 Å². The molecule has 1 aromatic rings. The lowest BCUT2D eigenvalue weighted by Crippen LogP contribution is -2.28. The van der Waals surface area contributed by atoms with Gasteiger partial charge in [0.15, 0.2) is 0 Å². The van der Waals surface area contributed by atoms with Gasteiger partial charge in [-0.05, 0) is 6.92 Å². The predicted molar refractivity (Wildman–Crippen MR) is 62.9 cm³/mol. The van der Waals surface area contributed by atoms with Crippen molar-refractivity contribution in [3.8, 4) is 6.01 Å². The Morgan fingerprint density at radius 1 is 1.69 bits per heavy atom. The Bertz CT molecular complexity index is 412. The van der Waals surface area contributed by atoms with E-state index in [1.165, 1.54) is 17.7 Å². The summed E-state index contributed by atoms with van der Waals surface area (Å²) < 4.78 is 6.57. The van der Waals surface area contributed by atoms with Crippen LogP contribution < -0.4 is 15.6 Å².